The number of hydrogen-bond donors (Lipinski definition) is 3. The summed E-state index contributed by atoms with van der Waals surface area (Å²) < 4.78 is 1.37. The van der Waals surface area contributed by atoms with Gasteiger partial charge in [-0.2, -0.15) is 0 Å². The molecule has 26 heavy (non-hydrogen) atoms. The molecule has 1 aromatic heterocycles. The molecule has 136 valence electrons. The number of pyridine rings is 1. The lowest BCUT2D eigenvalue weighted by Crippen LogP contribution is -2.34. The van der Waals surface area contributed by atoms with E-state index in [1.807, 2.05) is 30.3 Å². The molecule has 1 saturated carbocycles. The first kappa shape index (κ1) is 17.9. The van der Waals surface area contributed by atoms with Crippen molar-refractivity contribution in [1.29, 1.82) is 0 Å². The van der Waals surface area contributed by atoms with Crippen LogP contribution in [0, 0.1) is 5.92 Å². The molecule has 0 unspecified atom stereocenters. The van der Waals surface area contributed by atoms with Crippen LogP contribution in [0.1, 0.15) is 32.7 Å². The Morgan fingerprint density at radius 3 is 2.58 bits per heavy atom. The molecule has 1 aromatic carbocycles. The van der Waals surface area contributed by atoms with Crippen LogP contribution in [0.4, 0.5) is 0 Å². The van der Waals surface area contributed by atoms with Crippen LogP contribution in [-0.2, 0) is 6.54 Å². The van der Waals surface area contributed by atoms with Gasteiger partial charge in [0.1, 0.15) is 5.56 Å². The fourth-order valence-electron chi connectivity index (χ4n) is 2.83. The number of nitrogens with one attached hydrogen (secondary N) is 2. The standard InChI is InChI=1S/C19H21N3O4/c1-20-18(25)15-7-13(17(24)21-16-8-14(16)11-23)10-22(19(15)26)9-12-5-3-2-4-6-12/h2-7,10,14,16,23H,8-9,11H2,1H3,(H,20,25)(H,21,24)/t14-,16+/m1/s1. The van der Waals surface area contributed by atoms with Gasteiger partial charge < -0.3 is 20.3 Å². The number of benzene rings is 1. The van der Waals surface area contributed by atoms with Crippen molar-refractivity contribution < 1.29 is 14.7 Å². The number of aliphatic hydroxyl groups is 1. The maximum absolute atomic E-state index is 12.6. The van der Waals surface area contributed by atoms with E-state index in [2.05, 4.69) is 10.6 Å². The number of aliphatic hydroxyl groups excluding tert-OH is 1. The van der Waals surface area contributed by atoms with Gasteiger partial charge in [0.25, 0.3) is 17.4 Å². The summed E-state index contributed by atoms with van der Waals surface area (Å²) in [5.74, 6) is -0.823. The lowest BCUT2D eigenvalue weighted by atomic mass is 10.1. The minimum atomic E-state index is -0.536. The van der Waals surface area contributed by atoms with Gasteiger partial charge in [0, 0.05) is 31.8 Å². The number of amides is 2. The lowest BCUT2D eigenvalue weighted by Gasteiger charge is -2.12. The molecule has 2 aromatic rings. The first-order valence-corrected chi connectivity index (χ1v) is 8.45. The summed E-state index contributed by atoms with van der Waals surface area (Å²) in [6, 6.07) is 10.6. The third-order valence-corrected chi connectivity index (χ3v) is 4.49. The molecule has 0 saturated heterocycles. The Labute approximate surface area is 150 Å². The van der Waals surface area contributed by atoms with E-state index in [0.29, 0.717) is 0 Å². The molecule has 0 aliphatic heterocycles. The van der Waals surface area contributed by atoms with Crippen LogP contribution in [0.3, 0.4) is 0 Å². The van der Waals surface area contributed by atoms with Crippen LogP contribution in [0.15, 0.2) is 47.4 Å². The van der Waals surface area contributed by atoms with Gasteiger partial charge in [0.15, 0.2) is 0 Å². The van der Waals surface area contributed by atoms with Crippen molar-refractivity contribution in [3.8, 4) is 0 Å². The molecule has 2 amide bonds. The van der Waals surface area contributed by atoms with Crippen molar-refractivity contribution in [1.82, 2.24) is 15.2 Å². The van der Waals surface area contributed by atoms with Gasteiger partial charge in [-0.15, -0.1) is 0 Å². The fraction of sp³-hybridized carbons (Fsp3) is 0.316. The minimum Gasteiger partial charge on any atom is -0.396 e. The van der Waals surface area contributed by atoms with Gasteiger partial charge in [-0.05, 0) is 18.1 Å². The zero-order valence-corrected chi connectivity index (χ0v) is 14.4. The van der Waals surface area contributed by atoms with E-state index in [4.69, 9.17) is 5.11 Å². The van der Waals surface area contributed by atoms with E-state index >= 15 is 0 Å². The molecule has 1 heterocycles. The topological polar surface area (TPSA) is 100 Å². The highest BCUT2D eigenvalue weighted by Gasteiger charge is 2.37. The van der Waals surface area contributed by atoms with Gasteiger partial charge in [-0.3, -0.25) is 14.4 Å². The number of carbonyl (C=O) groups excluding carboxylic acids is 2. The van der Waals surface area contributed by atoms with Gasteiger partial charge in [-0.1, -0.05) is 30.3 Å². The summed E-state index contributed by atoms with van der Waals surface area (Å²) in [6.07, 6.45) is 2.20. The molecular formula is C19H21N3O4. The molecule has 0 bridgehead atoms. The van der Waals surface area contributed by atoms with E-state index in [-0.39, 0.29) is 42.1 Å². The zero-order chi connectivity index (χ0) is 18.7. The molecule has 7 heteroatoms. The van der Waals surface area contributed by atoms with E-state index < -0.39 is 11.5 Å². The zero-order valence-electron chi connectivity index (χ0n) is 14.4. The molecule has 3 rings (SSSR count). The average Bonchev–Trinajstić information content (AvgIpc) is 3.41. The molecule has 7 nitrogen and oxygen atoms in total. The number of hydrogen-bond acceptors (Lipinski definition) is 4. The molecule has 0 spiro atoms. The Bertz CT molecular complexity index is 876. The third kappa shape index (κ3) is 3.83. The van der Waals surface area contributed by atoms with E-state index in [1.54, 1.807) is 0 Å². The van der Waals surface area contributed by atoms with Gasteiger partial charge in [0.05, 0.1) is 12.1 Å². The van der Waals surface area contributed by atoms with Crippen molar-refractivity contribution >= 4 is 11.8 Å². The predicted octanol–water partition coefficient (Wildman–Crippen LogP) is 0.367. The van der Waals surface area contributed by atoms with Crippen LogP contribution >= 0.6 is 0 Å². The molecule has 1 aliphatic rings. The first-order chi connectivity index (χ1) is 12.5. The summed E-state index contributed by atoms with van der Waals surface area (Å²) in [5.41, 5.74) is 0.593. The van der Waals surface area contributed by atoms with Crippen molar-refractivity contribution in [3.05, 3.63) is 69.6 Å². The monoisotopic (exact) mass is 355 g/mol. The Balaban J connectivity index is 1.93. The van der Waals surface area contributed by atoms with E-state index in [9.17, 15) is 14.4 Å². The largest absolute Gasteiger partial charge is 0.396 e. The first-order valence-electron chi connectivity index (χ1n) is 8.45. The van der Waals surface area contributed by atoms with Gasteiger partial charge in [0.2, 0.25) is 0 Å². The van der Waals surface area contributed by atoms with Crippen molar-refractivity contribution in [2.45, 2.75) is 19.0 Å². The van der Waals surface area contributed by atoms with Crippen LogP contribution in [0.2, 0.25) is 0 Å². The second kappa shape index (κ2) is 7.53. The fourth-order valence-corrected chi connectivity index (χ4v) is 2.83. The molecular weight excluding hydrogens is 334 g/mol. The Morgan fingerprint density at radius 1 is 1.23 bits per heavy atom. The van der Waals surface area contributed by atoms with Crippen molar-refractivity contribution in [2.24, 2.45) is 5.92 Å². The second-order valence-corrected chi connectivity index (χ2v) is 6.40. The predicted molar refractivity (Wildman–Crippen MR) is 96.1 cm³/mol. The molecule has 1 aliphatic carbocycles. The van der Waals surface area contributed by atoms with E-state index in [1.165, 1.54) is 23.9 Å². The minimum absolute atomic E-state index is 0.0297. The van der Waals surface area contributed by atoms with Crippen molar-refractivity contribution in [3.63, 3.8) is 0 Å². The number of rotatable bonds is 6. The highest BCUT2D eigenvalue weighted by Crippen LogP contribution is 2.29. The van der Waals surface area contributed by atoms with Gasteiger partial charge >= 0.3 is 0 Å². The summed E-state index contributed by atoms with van der Waals surface area (Å²) in [5, 5.41) is 14.4. The normalized spacial score (nSPS) is 18.2. The average molecular weight is 355 g/mol. The van der Waals surface area contributed by atoms with Crippen molar-refractivity contribution in [2.75, 3.05) is 13.7 Å². The Kier molecular flexibility index (Phi) is 5.18. The maximum atomic E-state index is 12.6. The van der Waals surface area contributed by atoms with Crippen LogP contribution in [0.25, 0.3) is 0 Å². The molecule has 1 fully saturated rings. The van der Waals surface area contributed by atoms with E-state index in [0.717, 1.165) is 12.0 Å². The number of nitrogens with zero attached hydrogens (tertiary/aromatic N) is 1. The van der Waals surface area contributed by atoms with Crippen LogP contribution in [-0.4, -0.2) is 41.2 Å². The lowest BCUT2D eigenvalue weighted by molar-refractivity contribution is 0.0946. The molecule has 3 N–H and O–H groups in total. The second-order valence-electron chi connectivity index (χ2n) is 6.40. The van der Waals surface area contributed by atoms with Crippen LogP contribution in [0.5, 0.6) is 0 Å². The Morgan fingerprint density at radius 2 is 1.96 bits per heavy atom. The molecule has 2 atom stereocenters. The Hall–Kier alpha value is -2.93. The maximum Gasteiger partial charge on any atom is 0.263 e. The quantitative estimate of drug-likeness (QED) is 0.697. The molecule has 0 radical (unpaired) electrons. The summed E-state index contributed by atoms with van der Waals surface area (Å²) in [7, 11) is 1.44. The summed E-state index contributed by atoms with van der Waals surface area (Å²) in [4.78, 5) is 37.2. The highest BCUT2D eigenvalue weighted by molar-refractivity contribution is 5.99. The highest BCUT2D eigenvalue weighted by atomic mass is 16.3. The van der Waals surface area contributed by atoms with Crippen LogP contribution < -0.4 is 16.2 Å². The third-order valence-electron chi connectivity index (χ3n) is 4.49. The number of carbonyl (C=O) groups is 2. The SMILES string of the molecule is CNC(=O)c1cc(C(=O)N[C@H]2C[C@@H]2CO)cn(Cc2ccccc2)c1=O. The van der Waals surface area contributed by atoms with Gasteiger partial charge in [-0.25, -0.2) is 0 Å². The number of aromatic nitrogens is 1. The summed E-state index contributed by atoms with van der Waals surface area (Å²) in [6.45, 7) is 0.287. The smallest absolute Gasteiger partial charge is 0.263 e. The summed E-state index contributed by atoms with van der Waals surface area (Å²) >= 11 is 0.